The summed E-state index contributed by atoms with van der Waals surface area (Å²) in [5, 5.41) is 10.4. The van der Waals surface area contributed by atoms with E-state index in [0.29, 0.717) is 0 Å². The molecule has 0 fully saturated rings. The number of nitrogens with zero attached hydrogens (tertiary/aromatic N) is 1. The van der Waals surface area contributed by atoms with E-state index in [1.807, 2.05) is 0 Å². The normalized spacial score (nSPS) is 11.2. The minimum atomic E-state index is 0.216. The van der Waals surface area contributed by atoms with Crippen LogP contribution in [0, 0.1) is 13.8 Å². The summed E-state index contributed by atoms with van der Waals surface area (Å²) in [6, 6.07) is 6.35. The van der Waals surface area contributed by atoms with Crippen molar-refractivity contribution in [2.45, 2.75) is 20.3 Å². The number of hydrogen-bond acceptors (Lipinski definition) is 1. The van der Waals surface area contributed by atoms with E-state index >= 15 is 0 Å². The predicted octanol–water partition coefficient (Wildman–Crippen LogP) is 2.33. The fourth-order valence-electron chi connectivity index (χ4n) is 2.34. The maximum absolute atomic E-state index is 9.07. The van der Waals surface area contributed by atoms with Gasteiger partial charge in [0.2, 0.25) is 0 Å². The molecule has 0 saturated carbocycles. The maximum atomic E-state index is 9.07. The topological polar surface area (TPSA) is 25.2 Å². The number of hydrogen-bond donors (Lipinski definition) is 1. The first kappa shape index (κ1) is 10.2. The van der Waals surface area contributed by atoms with E-state index in [1.165, 1.54) is 27.7 Å². The Morgan fingerprint density at radius 1 is 1.27 bits per heavy atom. The maximum Gasteiger partial charge on any atom is 0.0512 e. The summed E-state index contributed by atoms with van der Waals surface area (Å²) in [5.41, 5.74) is 5.12. The molecule has 0 atom stereocenters. The molecular weight excluding hydrogens is 186 g/mol. The first-order valence-corrected chi connectivity index (χ1v) is 5.31. The number of fused-ring (bicyclic) bond motifs is 1. The molecule has 0 aliphatic heterocycles. The Morgan fingerprint density at radius 3 is 2.67 bits per heavy atom. The van der Waals surface area contributed by atoms with Crippen LogP contribution in [-0.4, -0.2) is 16.3 Å². The van der Waals surface area contributed by atoms with E-state index in [-0.39, 0.29) is 6.61 Å². The highest BCUT2D eigenvalue weighted by Crippen LogP contribution is 2.27. The molecule has 0 radical (unpaired) electrons. The molecule has 0 bridgehead atoms. The fourth-order valence-corrected chi connectivity index (χ4v) is 2.34. The Hall–Kier alpha value is -1.28. The highest BCUT2D eigenvalue weighted by atomic mass is 16.2. The van der Waals surface area contributed by atoms with Crippen molar-refractivity contribution in [2.75, 3.05) is 6.61 Å². The lowest BCUT2D eigenvalue weighted by Crippen LogP contribution is -1.95. The quantitative estimate of drug-likeness (QED) is 0.796. The molecular formula is C13H17NO. The third-order valence-corrected chi connectivity index (χ3v) is 3.20. The van der Waals surface area contributed by atoms with Crippen LogP contribution in [0.2, 0.25) is 0 Å². The number of rotatable bonds is 2. The zero-order valence-corrected chi connectivity index (χ0v) is 9.54. The molecule has 1 N–H and O–H groups in total. The van der Waals surface area contributed by atoms with Crippen molar-refractivity contribution in [2.24, 2.45) is 7.05 Å². The fraction of sp³-hybridized carbons (Fsp3) is 0.385. The Labute approximate surface area is 90.2 Å². The zero-order chi connectivity index (χ0) is 11.0. The smallest absolute Gasteiger partial charge is 0.0512 e. The first-order valence-electron chi connectivity index (χ1n) is 5.31. The standard InChI is InChI=1S/C13H17NO/c1-9-5-4-6-12-11(7-8-15)10(2)14(3)13(9)12/h4-6,15H,7-8H2,1-3H3. The van der Waals surface area contributed by atoms with Crippen molar-refractivity contribution in [3.8, 4) is 0 Å². The average molecular weight is 203 g/mol. The Morgan fingerprint density at radius 2 is 2.00 bits per heavy atom. The minimum Gasteiger partial charge on any atom is -0.396 e. The van der Waals surface area contributed by atoms with Crippen molar-refractivity contribution in [1.82, 2.24) is 4.57 Å². The predicted molar refractivity (Wildman–Crippen MR) is 63.2 cm³/mol. The highest BCUT2D eigenvalue weighted by Gasteiger charge is 2.12. The second-order valence-electron chi connectivity index (χ2n) is 4.07. The van der Waals surface area contributed by atoms with Crippen LogP contribution in [0.5, 0.6) is 0 Å². The molecule has 1 heterocycles. The van der Waals surface area contributed by atoms with E-state index in [2.05, 4.69) is 43.7 Å². The van der Waals surface area contributed by atoms with E-state index in [4.69, 9.17) is 5.11 Å². The third-order valence-electron chi connectivity index (χ3n) is 3.20. The summed E-state index contributed by atoms with van der Waals surface area (Å²) in [4.78, 5) is 0. The summed E-state index contributed by atoms with van der Waals surface area (Å²) < 4.78 is 2.22. The molecule has 2 aromatic rings. The van der Waals surface area contributed by atoms with Crippen LogP contribution >= 0.6 is 0 Å². The van der Waals surface area contributed by atoms with Crippen molar-refractivity contribution in [1.29, 1.82) is 0 Å². The molecule has 0 spiro atoms. The molecule has 0 unspecified atom stereocenters. The molecule has 0 aliphatic rings. The van der Waals surface area contributed by atoms with E-state index in [1.54, 1.807) is 0 Å². The van der Waals surface area contributed by atoms with Gasteiger partial charge in [0.05, 0.1) is 5.52 Å². The van der Waals surface area contributed by atoms with Gasteiger partial charge in [0.1, 0.15) is 0 Å². The van der Waals surface area contributed by atoms with Gasteiger partial charge in [0.25, 0.3) is 0 Å². The summed E-state index contributed by atoms with van der Waals surface area (Å²) in [6.45, 7) is 4.46. The van der Waals surface area contributed by atoms with E-state index in [0.717, 1.165) is 6.42 Å². The number of aliphatic hydroxyl groups excluding tert-OH is 1. The Bertz CT molecular complexity index is 497. The molecule has 2 nitrogen and oxygen atoms in total. The second-order valence-corrected chi connectivity index (χ2v) is 4.07. The number of aromatic nitrogens is 1. The summed E-state index contributed by atoms with van der Waals surface area (Å²) in [5.74, 6) is 0. The van der Waals surface area contributed by atoms with Gasteiger partial charge in [-0.05, 0) is 31.4 Å². The van der Waals surface area contributed by atoms with Crippen LogP contribution in [-0.2, 0) is 13.5 Å². The van der Waals surface area contributed by atoms with Gasteiger partial charge in [-0.2, -0.15) is 0 Å². The van der Waals surface area contributed by atoms with E-state index < -0.39 is 0 Å². The second kappa shape index (κ2) is 3.70. The largest absolute Gasteiger partial charge is 0.396 e. The van der Waals surface area contributed by atoms with E-state index in [9.17, 15) is 0 Å². The van der Waals surface area contributed by atoms with Gasteiger partial charge < -0.3 is 9.67 Å². The summed E-state index contributed by atoms with van der Waals surface area (Å²) in [6.07, 6.45) is 0.743. The lowest BCUT2D eigenvalue weighted by molar-refractivity contribution is 0.299. The Kier molecular flexibility index (Phi) is 2.53. The third kappa shape index (κ3) is 1.45. The van der Waals surface area contributed by atoms with Gasteiger partial charge in [0, 0.05) is 24.7 Å². The van der Waals surface area contributed by atoms with Crippen LogP contribution in [0.15, 0.2) is 18.2 Å². The number of aliphatic hydroxyl groups is 1. The monoisotopic (exact) mass is 203 g/mol. The van der Waals surface area contributed by atoms with Crippen molar-refractivity contribution in [3.63, 3.8) is 0 Å². The molecule has 2 rings (SSSR count). The number of benzene rings is 1. The van der Waals surface area contributed by atoms with Gasteiger partial charge in [-0.15, -0.1) is 0 Å². The lowest BCUT2D eigenvalue weighted by atomic mass is 10.1. The molecule has 2 heteroatoms. The van der Waals surface area contributed by atoms with Gasteiger partial charge in [0.15, 0.2) is 0 Å². The SMILES string of the molecule is Cc1cccc2c(CCO)c(C)n(C)c12. The average Bonchev–Trinajstić information content (AvgIpc) is 2.45. The van der Waals surface area contributed by atoms with Crippen molar-refractivity contribution < 1.29 is 5.11 Å². The van der Waals surface area contributed by atoms with Gasteiger partial charge in [-0.1, -0.05) is 18.2 Å². The van der Waals surface area contributed by atoms with Gasteiger partial charge in [-0.3, -0.25) is 0 Å². The number of para-hydroxylation sites is 1. The van der Waals surface area contributed by atoms with Crippen LogP contribution < -0.4 is 0 Å². The van der Waals surface area contributed by atoms with Crippen LogP contribution in [0.1, 0.15) is 16.8 Å². The first-order chi connectivity index (χ1) is 7.16. The molecule has 15 heavy (non-hydrogen) atoms. The van der Waals surface area contributed by atoms with Gasteiger partial charge >= 0.3 is 0 Å². The van der Waals surface area contributed by atoms with Crippen LogP contribution in [0.25, 0.3) is 10.9 Å². The highest BCUT2D eigenvalue weighted by molar-refractivity contribution is 5.88. The molecule has 1 aromatic carbocycles. The van der Waals surface area contributed by atoms with Crippen LogP contribution in [0.4, 0.5) is 0 Å². The molecule has 0 amide bonds. The minimum absolute atomic E-state index is 0.216. The van der Waals surface area contributed by atoms with Gasteiger partial charge in [-0.25, -0.2) is 0 Å². The Balaban J connectivity index is 2.81. The van der Waals surface area contributed by atoms with Crippen LogP contribution in [0.3, 0.4) is 0 Å². The molecule has 1 aromatic heterocycles. The van der Waals surface area contributed by atoms with Crippen molar-refractivity contribution >= 4 is 10.9 Å². The molecule has 80 valence electrons. The van der Waals surface area contributed by atoms with Crippen molar-refractivity contribution in [3.05, 3.63) is 35.0 Å². The summed E-state index contributed by atoms with van der Waals surface area (Å²) in [7, 11) is 2.09. The lowest BCUT2D eigenvalue weighted by Gasteiger charge is -2.01. The zero-order valence-electron chi connectivity index (χ0n) is 9.54. The number of aryl methyl sites for hydroxylation is 2. The summed E-state index contributed by atoms with van der Waals surface area (Å²) >= 11 is 0. The molecule has 0 saturated heterocycles. The molecule has 0 aliphatic carbocycles.